The summed E-state index contributed by atoms with van der Waals surface area (Å²) in [4.78, 5) is 12.9. The van der Waals surface area contributed by atoms with E-state index in [2.05, 4.69) is 10.0 Å². The highest BCUT2D eigenvalue weighted by Gasteiger charge is 2.27. The monoisotopic (exact) mass is 454 g/mol. The van der Waals surface area contributed by atoms with Crippen LogP contribution in [-0.4, -0.2) is 26.4 Å². The largest absolute Gasteiger partial charge is 0.352 e. The third-order valence-electron chi connectivity index (χ3n) is 5.12. The number of rotatable bonds is 10. The van der Waals surface area contributed by atoms with Crippen LogP contribution < -0.4 is 10.0 Å². The molecule has 168 valence electrons. The third-order valence-corrected chi connectivity index (χ3v) is 6.61. The van der Waals surface area contributed by atoms with Crippen molar-refractivity contribution in [2.75, 3.05) is 0 Å². The van der Waals surface area contributed by atoms with Gasteiger partial charge in [0.05, 0.1) is 4.90 Å². The number of halogens is 1. The number of nitrogens with one attached hydrogen (secondary N) is 2. The summed E-state index contributed by atoms with van der Waals surface area (Å²) in [6.07, 6.45) is 1.71. The van der Waals surface area contributed by atoms with Gasteiger partial charge in [0.25, 0.3) is 0 Å². The molecule has 0 unspecified atom stereocenters. The fraction of sp³-hybridized carbons (Fsp3) is 0.240. The Hall–Kier alpha value is -3.03. The average Bonchev–Trinajstić information content (AvgIpc) is 2.79. The zero-order chi connectivity index (χ0) is 23.0. The van der Waals surface area contributed by atoms with E-state index in [0.717, 1.165) is 30.5 Å². The van der Waals surface area contributed by atoms with E-state index in [0.29, 0.717) is 0 Å². The molecule has 0 heterocycles. The van der Waals surface area contributed by atoms with Crippen LogP contribution in [0.25, 0.3) is 0 Å². The van der Waals surface area contributed by atoms with Gasteiger partial charge in [0, 0.05) is 6.04 Å². The first kappa shape index (κ1) is 23.6. The van der Waals surface area contributed by atoms with E-state index in [9.17, 15) is 17.6 Å². The van der Waals surface area contributed by atoms with E-state index >= 15 is 0 Å². The number of aryl methyl sites for hydroxylation is 1. The molecule has 0 aliphatic heterocycles. The smallest absolute Gasteiger partial charge is 0.241 e. The second kappa shape index (κ2) is 11.0. The lowest BCUT2D eigenvalue weighted by molar-refractivity contribution is -0.123. The summed E-state index contributed by atoms with van der Waals surface area (Å²) in [5.74, 6) is -0.935. The Bertz CT molecular complexity index is 1100. The molecule has 0 spiro atoms. The van der Waals surface area contributed by atoms with Crippen LogP contribution in [0, 0.1) is 5.82 Å². The molecule has 3 aromatic carbocycles. The molecule has 0 aromatic heterocycles. The highest BCUT2D eigenvalue weighted by Crippen LogP contribution is 2.13. The molecule has 7 heteroatoms. The van der Waals surface area contributed by atoms with Gasteiger partial charge in [-0.3, -0.25) is 4.79 Å². The first-order valence-corrected chi connectivity index (χ1v) is 12.0. The van der Waals surface area contributed by atoms with Crippen molar-refractivity contribution in [1.82, 2.24) is 10.0 Å². The van der Waals surface area contributed by atoms with E-state index in [-0.39, 0.29) is 17.4 Å². The Kier molecular flexibility index (Phi) is 8.14. The van der Waals surface area contributed by atoms with E-state index in [1.807, 2.05) is 67.6 Å². The van der Waals surface area contributed by atoms with Gasteiger partial charge in [0.2, 0.25) is 15.9 Å². The molecule has 0 bridgehead atoms. The van der Waals surface area contributed by atoms with Gasteiger partial charge in [-0.25, -0.2) is 12.8 Å². The Balaban J connectivity index is 1.71. The normalized spacial score (nSPS) is 13.3. The first-order chi connectivity index (χ1) is 15.3. The summed E-state index contributed by atoms with van der Waals surface area (Å²) in [5, 5.41) is 2.93. The van der Waals surface area contributed by atoms with Crippen LogP contribution in [0.1, 0.15) is 24.5 Å². The maximum absolute atomic E-state index is 13.2. The Morgan fingerprint density at radius 3 is 2.03 bits per heavy atom. The van der Waals surface area contributed by atoms with Crippen LogP contribution in [0.3, 0.4) is 0 Å². The van der Waals surface area contributed by atoms with Gasteiger partial charge in [0.15, 0.2) is 0 Å². The minimum Gasteiger partial charge on any atom is -0.352 e. The lowest BCUT2D eigenvalue weighted by Crippen LogP contribution is -2.50. The summed E-state index contributed by atoms with van der Waals surface area (Å²) in [7, 11) is -4.01. The van der Waals surface area contributed by atoms with E-state index in [1.165, 1.54) is 17.7 Å². The lowest BCUT2D eigenvalue weighted by atomic mass is 10.0. The fourth-order valence-electron chi connectivity index (χ4n) is 3.35. The minimum absolute atomic E-state index is 0.0955. The number of benzene rings is 3. The van der Waals surface area contributed by atoms with E-state index in [4.69, 9.17) is 0 Å². The van der Waals surface area contributed by atoms with Crippen molar-refractivity contribution in [3.05, 3.63) is 102 Å². The van der Waals surface area contributed by atoms with Gasteiger partial charge in [-0.15, -0.1) is 0 Å². The molecule has 0 aliphatic rings. The topological polar surface area (TPSA) is 75.3 Å². The van der Waals surface area contributed by atoms with E-state index < -0.39 is 27.8 Å². The predicted octanol–water partition coefficient (Wildman–Crippen LogP) is 3.85. The molecule has 0 radical (unpaired) electrons. The zero-order valence-electron chi connectivity index (χ0n) is 17.9. The molecule has 0 aliphatic carbocycles. The molecule has 32 heavy (non-hydrogen) atoms. The second-order valence-corrected chi connectivity index (χ2v) is 9.47. The summed E-state index contributed by atoms with van der Waals surface area (Å²) in [5.41, 5.74) is 2.00. The van der Waals surface area contributed by atoms with Crippen LogP contribution in [0.15, 0.2) is 89.8 Å². The Morgan fingerprint density at radius 2 is 1.44 bits per heavy atom. The fourth-order valence-corrected chi connectivity index (χ4v) is 4.55. The van der Waals surface area contributed by atoms with Gasteiger partial charge >= 0.3 is 0 Å². The molecule has 2 atom stereocenters. The van der Waals surface area contributed by atoms with Gasteiger partial charge in [-0.05, 0) is 61.6 Å². The minimum atomic E-state index is -4.01. The van der Waals surface area contributed by atoms with Crippen molar-refractivity contribution >= 4 is 15.9 Å². The number of carbonyl (C=O) groups excluding carboxylic acids is 1. The maximum Gasteiger partial charge on any atom is 0.241 e. The van der Waals surface area contributed by atoms with Crippen LogP contribution in [0.4, 0.5) is 4.39 Å². The second-order valence-electron chi connectivity index (χ2n) is 7.75. The summed E-state index contributed by atoms with van der Waals surface area (Å²) < 4.78 is 41.4. The van der Waals surface area contributed by atoms with Crippen LogP contribution in [0.5, 0.6) is 0 Å². The Labute approximate surface area is 188 Å². The Morgan fingerprint density at radius 1 is 0.875 bits per heavy atom. The van der Waals surface area contributed by atoms with Crippen molar-refractivity contribution < 1.29 is 17.6 Å². The zero-order valence-corrected chi connectivity index (χ0v) is 18.7. The third kappa shape index (κ3) is 7.00. The number of sulfonamides is 1. The molecule has 1 amide bonds. The SMILES string of the molecule is C[C@@H](CCc1ccccc1)NC(=O)[C@@H](Cc1ccccc1)NS(=O)(=O)c1ccc(F)cc1. The average molecular weight is 455 g/mol. The number of amides is 1. The van der Waals surface area contributed by atoms with Crippen molar-refractivity contribution in [2.45, 2.75) is 43.2 Å². The molecule has 0 saturated heterocycles. The predicted molar refractivity (Wildman–Crippen MR) is 123 cm³/mol. The van der Waals surface area contributed by atoms with Gasteiger partial charge in [0.1, 0.15) is 11.9 Å². The molecule has 3 aromatic rings. The van der Waals surface area contributed by atoms with Gasteiger partial charge in [-0.2, -0.15) is 4.72 Å². The van der Waals surface area contributed by atoms with Gasteiger partial charge in [-0.1, -0.05) is 60.7 Å². The lowest BCUT2D eigenvalue weighted by Gasteiger charge is -2.22. The molecular formula is C25H27FN2O3S. The summed E-state index contributed by atoms with van der Waals surface area (Å²) in [6.45, 7) is 1.90. The summed E-state index contributed by atoms with van der Waals surface area (Å²) in [6, 6.07) is 22.5. The molecular weight excluding hydrogens is 427 g/mol. The number of hydrogen-bond donors (Lipinski definition) is 2. The van der Waals surface area contributed by atoms with E-state index in [1.54, 1.807) is 0 Å². The quantitative estimate of drug-likeness (QED) is 0.489. The highest BCUT2D eigenvalue weighted by atomic mass is 32.2. The van der Waals surface area contributed by atoms with Crippen LogP contribution in [0.2, 0.25) is 0 Å². The summed E-state index contributed by atoms with van der Waals surface area (Å²) >= 11 is 0. The van der Waals surface area contributed by atoms with Crippen molar-refractivity contribution in [2.24, 2.45) is 0 Å². The molecule has 0 fully saturated rings. The molecule has 5 nitrogen and oxygen atoms in total. The standard InChI is InChI=1S/C25H27FN2O3S/c1-19(12-13-20-8-4-2-5-9-20)27-25(29)24(18-21-10-6-3-7-11-21)28-32(30,31)23-16-14-22(26)15-17-23/h2-11,14-17,19,24,28H,12-13,18H2,1H3,(H,27,29)/t19-,24+/m0/s1. The van der Waals surface area contributed by atoms with Gasteiger partial charge < -0.3 is 5.32 Å². The first-order valence-electron chi connectivity index (χ1n) is 10.5. The van der Waals surface area contributed by atoms with Crippen molar-refractivity contribution in [3.63, 3.8) is 0 Å². The maximum atomic E-state index is 13.2. The van der Waals surface area contributed by atoms with Crippen LogP contribution >= 0.6 is 0 Å². The number of hydrogen-bond acceptors (Lipinski definition) is 3. The highest BCUT2D eigenvalue weighted by molar-refractivity contribution is 7.89. The molecule has 2 N–H and O–H groups in total. The molecule has 3 rings (SSSR count). The van der Waals surface area contributed by atoms with Crippen LogP contribution in [-0.2, 0) is 27.7 Å². The molecule has 0 saturated carbocycles. The number of carbonyl (C=O) groups is 1. The van der Waals surface area contributed by atoms with Crippen molar-refractivity contribution in [3.8, 4) is 0 Å². The van der Waals surface area contributed by atoms with Crippen molar-refractivity contribution in [1.29, 1.82) is 0 Å².